The molecule has 0 unspecified atom stereocenters. The van der Waals surface area contributed by atoms with Crippen LogP contribution in [0.1, 0.15) is 100.0 Å². The number of hydrogen-bond acceptors (Lipinski definition) is 6. The zero-order chi connectivity index (χ0) is 26.2. The van der Waals surface area contributed by atoms with E-state index in [2.05, 4.69) is 21.8 Å². The average Bonchev–Trinajstić information content (AvgIpc) is 3.45. The lowest BCUT2D eigenvalue weighted by Crippen LogP contribution is -2.54. The summed E-state index contributed by atoms with van der Waals surface area (Å²) in [5.74, 6) is 0.0604. The van der Waals surface area contributed by atoms with E-state index in [9.17, 15) is 9.59 Å². The number of hydrogen-bond donors (Lipinski definition) is 1. The number of thiophene rings is 1. The molecule has 1 N–H and O–H groups in total. The number of rotatable bonds is 4. The van der Waals surface area contributed by atoms with Crippen molar-refractivity contribution in [3.8, 4) is 0 Å². The maximum absolute atomic E-state index is 13.2. The number of nitrogens with zero attached hydrogens (tertiary/aromatic N) is 4. The van der Waals surface area contributed by atoms with Gasteiger partial charge in [-0.15, -0.1) is 11.3 Å². The number of fused-ring (bicyclic) bond motifs is 1. The Kier molecular flexibility index (Phi) is 7.82. The summed E-state index contributed by atoms with van der Waals surface area (Å²) in [6.45, 7) is 11.0. The SMILES string of the molecule is Cc1nn(C2CCCCC2)c2sc(C(=O)N[C@H]3CC[C@H](N4CCN(C(=O)OC(C)(C)C)CC4)CC3)cc12. The van der Waals surface area contributed by atoms with Crippen molar-refractivity contribution in [1.82, 2.24) is 24.9 Å². The predicted octanol–water partition coefficient (Wildman–Crippen LogP) is 5.51. The van der Waals surface area contributed by atoms with Gasteiger partial charge in [0.15, 0.2) is 0 Å². The normalized spacial score (nSPS) is 24.4. The van der Waals surface area contributed by atoms with Crippen LogP contribution >= 0.6 is 11.3 Å². The third-order valence-electron chi connectivity index (χ3n) is 8.23. The van der Waals surface area contributed by atoms with Gasteiger partial charge >= 0.3 is 6.09 Å². The molecule has 3 heterocycles. The van der Waals surface area contributed by atoms with Gasteiger partial charge in [-0.25, -0.2) is 4.79 Å². The highest BCUT2D eigenvalue weighted by molar-refractivity contribution is 7.20. The molecule has 3 fully saturated rings. The first-order valence-electron chi connectivity index (χ1n) is 14.2. The number of amides is 2. The fourth-order valence-electron chi connectivity index (χ4n) is 6.19. The summed E-state index contributed by atoms with van der Waals surface area (Å²) < 4.78 is 7.73. The van der Waals surface area contributed by atoms with Crippen LogP contribution in [-0.2, 0) is 4.74 Å². The van der Waals surface area contributed by atoms with Crippen LogP contribution in [0.3, 0.4) is 0 Å². The van der Waals surface area contributed by atoms with E-state index in [1.54, 1.807) is 11.3 Å². The van der Waals surface area contributed by atoms with Gasteiger partial charge in [-0.1, -0.05) is 19.3 Å². The maximum Gasteiger partial charge on any atom is 0.410 e. The van der Waals surface area contributed by atoms with Crippen molar-refractivity contribution in [2.24, 2.45) is 0 Å². The molecule has 8 nitrogen and oxygen atoms in total. The Morgan fingerprint density at radius 1 is 0.973 bits per heavy atom. The van der Waals surface area contributed by atoms with Crippen molar-refractivity contribution in [3.63, 3.8) is 0 Å². The predicted molar refractivity (Wildman–Crippen MR) is 147 cm³/mol. The molecule has 0 bridgehead atoms. The summed E-state index contributed by atoms with van der Waals surface area (Å²) >= 11 is 1.60. The van der Waals surface area contributed by atoms with Crippen molar-refractivity contribution in [2.45, 2.75) is 109 Å². The zero-order valence-electron chi connectivity index (χ0n) is 22.9. The maximum atomic E-state index is 13.2. The third-order valence-corrected chi connectivity index (χ3v) is 9.35. The lowest BCUT2D eigenvalue weighted by molar-refractivity contribution is 0.00775. The van der Waals surface area contributed by atoms with Gasteiger partial charge in [0.1, 0.15) is 10.4 Å². The van der Waals surface area contributed by atoms with E-state index in [0.717, 1.165) is 72.7 Å². The monoisotopic (exact) mass is 529 g/mol. The van der Waals surface area contributed by atoms with E-state index in [0.29, 0.717) is 12.1 Å². The first kappa shape index (κ1) is 26.5. The number of nitrogens with one attached hydrogen (secondary N) is 1. The fourth-order valence-corrected chi connectivity index (χ4v) is 7.33. The minimum atomic E-state index is -0.457. The molecular formula is C28H43N5O3S. The van der Waals surface area contributed by atoms with Crippen LogP contribution in [-0.4, -0.2) is 75.4 Å². The Morgan fingerprint density at radius 3 is 2.30 bits per heavy atom. The summed E-state index contributed by atoms with van der Waals surface area (Å²) in [5, 5.41) is 9.29. The lowest BCUT2D eigenvalue weighted by atomic mass is 9.89. The first-order chi connectivity index (χ1) is 17.7. The van der Waals surface area contributed by atoms with Crippen LogP contribution in [0.2, 0.25) is 0 Å². The Bertz CT molecular complexity index is 1100. The topological polar surface area (TPSA) is 79.7 Å². The van der Waals surface area contributed by atoms with Gasteiger partial charge < -0.3 is 15.0 Å². The average molecular weight is 530 g/mol. The van der Waals surface area contributed by atoms with Gasteiger partial charge in [0.25, 0.3) is 5.91 Å². The fraction of sp³-hybridized carbons (Fsp3) is 0.750. The number of aromatic nitrogens is 2. The largest absolute Gasteiger partial charge is 0.444 e. The molecule has 204 valence electrons. The molecule has 2 aliphatic carbocycles. The lowest BCUT2D eigenvalue weighted by Gasteiger charge is -2.42. The Labute approximate surface area is 224 Å². The second-order valence-electron chi connectivity index (χ2n) is 12.1. The standard InChI is InChI=1S/C28H43N5O3S/c1-19-23-18-24(37-26(23)33(30-19)22-8-6-5-7-9-22)25(34)29-20-10-12-21(13-11-20)31-14-16-32(17-15-31)27(35)36-28(2,3)4/h18,20-22H,5-17H2,1-4H3,(H,29,34)/t20-,21-. The molecule has 9 heteroatoms. The molecule has 0 aromatic carbocycles. The highest BCUT2D eigenvalue weighted by Gasteiger charge is 2.32. The van der Waals surface area contributed by atoms with Crippen LogP contribution in [0.5, 0.6) is 0 Å². The van der Waals surface area contributed by atoms with Crippen LogP contribution in [0.15, 0.2) is 6.07 Å². The molecule has 1 saturated heterocycles. The summed E-state index contributed by atoms with van der Waals surface area (Å²) in [7, 11) is 0. The van der Waals surface area contributed by atoms with E-state index >= 15 is 0 Å². The molecule has 2 aromatic rings. The number of carbonyl (C=O) groups excluding carboxylic acids is 2. The van der Waals surface area contributed by atoms with Gasteiger partial charge in [-0.05, 0) is 72.3 Å². The van der Waals surface area contributed by atoms with Crippen LogP contribution in [0.4, 0.5) is 4.79 Å². The van der Waals surface area contributed by atoms with Gasteiger partial charge in [0, 0.05) is 43.6 Å². The quantitative estimate of drug-likeness (QED) is 0.565. The van der Waals surface area contributed by atoms with Crippen molar-refractivity contribution in [1.29, 1.82) is 0 Å². The minimum Gasteiger partial charge on any atom is -0.444 e. The molecule has 1 aliphatic heterocycles. The number of ether oxygens (including phenoxy) is 1. The van der Waals surface area contributed by atoms with Crippen molar-refractivity contribution in [3.05, 3.63) is 16.6 Å². The van der Waals surface area contributed by atoms with Crippen LogP contribution in [0, 0.1) is 6.92 Å². The van der Waals surface area contributed by atoms with E-state index in [-0.39, 0.29) is 18.0 Å². The first-order valence-corrected chi connectivity index (χ1v) is 15.0. The van der Waals surface area contributed by atoms with E-state index < -0.39 is 5.60 Å². The van der Waals surface area contributed by atoms with Gasteiger partial charge in [-0.2, -0.15) is 5.10 Å². The third kappa shape index (κ3) is 6.14. The van der Waals surface area contributed by atoms with E-state index in [1.807, 2.05) is 31.7 Å². The number of aryl methyl sites for hydroxylation is 1. The molecule has 0 atom stereocenters. The Morgan fingerprint density at radius 2 is 1.65 bits per heavy atom. The van der Waals surface area contributed by atoms with Gasteiger partial charge in [-0.3, -0.25) is 14.4 Å². The molecule has 37 heavy (non-hydrogen) atoms. The highest BCUT2D eigenvalue weighted by Crippen LogP contribution is 2.35. The molecule has 0 radical (unpaired) electrons. The Hall–Kier alpha value is -2.13. The van der Waals surface area contributed by atoms with Gasteiger partial charge in [0.05, 0.1) is 16.6 Å². The molecule has 2 amide bonds. The van der Waals surface area contributed by atoms with Crippen LogP contribution < -0.4 is 5.32 Å². The van der Waals surface area contributed by atoms with Crippen molar-refractivity contribution in [2.75, 3.05) is 26.2 Å². The van der Waals surface area contributed by atoms with Crippen LogP contribution in [0.25, 0.3) is 10.2 Å². The number of piperazine rings is 1. The molecule has 3 aliphatic rings. The second kappa shape index (κ2) is 10.9. The summed E-state index contributed by atoms with van der Waals surface area (Å²) in [6, 6.07) is 3.28. The number of carbonyl (C=O) groups is 2. The molecule has 5 rings (SSSR count). The van der Waals surface area contributed by atoms with Crippen molar-refractivity contribution < 1.29 is 14.3 Å². The summed E-state index contributed by atoms with van der Waals surface area (Å²) in [5.41, 5.74) is 0.574. The smallest absolute Gasteiger partial charge is 0.410 e. The van der Waals surface area contributed by atoms with E-state index in [4.69, 9.17) is 9.84 Å². The highest BCUT2D eigenvalue weighted by atomic mass is 32.1. The molecule has 2 saturated carbocycles. The van der Waals surface area contributed by atoms with Crippen molar-refractivity contribution >= 4 is 33.6 Å². The van der Waals surface area contributed by atoms with E-state index in [1.165, 1.54) is 32.1 Å². The summed E-state index contributed by atoms with van der Waals surface area (Å²) in [4.78, 5) is 31.8. The zero-order valence-corrected chi connectivity index (χ0v) is 23.7. The molecule has 2 aromatic heterocycles. The molecular weight excluding hydrogens is 486 g/mol. The Balaban J connectivity index is 1.11. The molecule has 0 spiro atoms. The minimum absolute atomic E-state index is 0.0604. The second-order valence-corrected chi connectivity index (χ2v) is 13.2. The summed E-state index contributed by atoms with van der Waals surface area (Å²) in [6.07, 6.45) is 10.2. The van der Waals surface area contributed by atoms with Gasteiger partial charge in [0.2, 0.25) is 0 Å².